The Morgan fingerprint density at radius 3 is 2.75 bits per heavy atom. The van der Waals surface area contributed by atoms with E-state index in [1.807, 2.05) is 0 Å². The average Bonchev–Trinajstić information content (AvgIpc) is 2.35. The van der Waals surface area contributed by atoms with Crippen molar-refractivity contribution < 1.29 is 8.63 Å². The van der Waals surface area contributed by atoms with E-state index in [-0.39, 0.29) is 12.0 Å². The van der Waals surface area contributed by atoms with Crippen molar-refractivity contribution in [2.45, 2.75) is 6.92 Å². The first-order chi connectivity index (χ1) is 5.53. The molecule has 12 heavy (non-hydrogen) atoms. The van der Waals surface area contributed by atoms with E-state index in [2.05, 4.69) is 14.6 Å². The van der Waals surface area contributed by atoms with Gasteiger partial charge in [-0.25, -0.2) is 4.21 Å². The summed E-state index contributed by atoms with van der Waals surface area (Å²) in [5, 5.41) is 6.84. The molecule has 2 N–H and O–H groups in total. The predicted molar refractivity (Wildman–Crippen MR) is 45.4 cm³/mol. The molecule has 0 saturated heterocycles. The van der Waals surface area contributed by atoms with Crippen LogP contribution in [-0.4, -0.2) is 26.4 Å². The lowest BCUT2D eigenvalue weighted by molar-refractivity contribution is 0.585. The largest absolute Gasteiger partial charge is 0.388 e. The van der Waals surface area contributed by atoms with Gasteiger partial charge in [-0.2, -0.15) is 0 Å². The van der Waals surface area contributed by atoms with Gasteiger partial charge in [0.2, 0.25) is 0 Å². The fourth-order valence-electron chi connectivity index (χ4n) is 0.493. The highest BCUT2D eigenvalue weighted by Crippen LogP contribution is 2.12. The summed E-state index contributed by atoms with van der Waals surface area (Å²) in [5.74, 6) is 0.440. The molecule has 1 heterocycles. The number of nitrogens with two attached hydrogens (primary N) is 1. The molecule has 0 amide bonds. The minimum absolute atomic E-state index is 0.0261. The van der Waals surface area contributed by atoms with Gasteiger partial charge in [-0.3, -0.25) is 0 Å². The van der Waals surface area contributed by atoms with Gasteiger partial charge < -0.3 is 10.2 Å². The summed E-state index contributed by atoms with van der Waals surface area (Å²) in [5.41, 5.74) is 5.15. The molecule has 0 bridgehead atoms. The van der Waals surface area contributed by atoms with Crippen LogP contribution in [0.2, 0.25) is 0 Å². The Balaban J connectivity index is 3.03. The maximum absolute atomic E-state index is 11.4. The predicted octanol–water partition coefficient (Wildman–Crippen LogP) is 0.401. The lowest BCUT2D eigenvalue weighted by atomic mass is 11.0. The standard InChI is InChI=1S/C5H10N4O2S/c1-3-12(2,10)9-5-8-7-4(6)11-5/h3H2,1-2H3,(H2,6,7). The van der Waals surface area contributed by atoms with E-state index in [4.69, 9.17) is 10.2 Å². The number of anilines is 1. The Labute approximate surface area is 70.3 Å². The van der Waals surface area contributed by atoms with Gasteiger partial charge in [0.05, 0.1) is 9.73 Å². The number of hydrogen-bond acceptors (Lipinski definition) is 6. The van der Waals surface area contributed by atoms with Gasteiger partial charge in [-0.05, 0) is 0 Å². The third-order valence-electron chi connectivity index (χ3n) is 1.24. The molecule has 1 rings (SSSR count). The van der Waals surface area contributed by atoms with Crippen LogP contribution in [0.5, 0.6) is 0 Å². The van der Waals surface area contributed by atoms with Crippen molar-refractivity contribution in [2.24, 2.45) is 4.36 Å². The molecule has 0 aromatic carbocycles. The summed E-state index contributed by atoms with van der Waals surface area (Å²) in [6.07, 6.45) is 1.52. The Morgan fingerprint density at radius 2 is 2.33 bits per heavy atom. The van der Waals surface area contributed by atoms with Crippen molar-refractivity contribution in [2.75, 3.05) is 17.7 Å². The van der Waals surface area contributed by atoms with Gasteiger partial charge in [0.25, 0.3) is 0 Å². The smallest absolute Gasteiger partial charge is 0.352 e. The first kappa shape index (κ1) is 8.98. The van der Waals surface area contributed by atoms with E-state index in [0.29, 0.717) is 5.75 Å². The summed E-state index contributed by atoms with van der Waals surface area (Å²) in [7, 11) is -2.24. The summed E-state index contributed by atoms with van der Waals surface area (Å²) in [4.78, 5) is 0. The molecule has 0 spiro atoms. The van der Waals surface area contributed by atoms with Gasteiger partial charge in [0.15, 0.2) is 0 Å². The molecule has 1 atom stereocenters. The van der Waals surface area contributed by atoms with E-state index < -0.39 is 9.73 Å². The quantitative estimate of drug-likeness (QED) is 0.728. The second-order valence-electron chi connectivity index (χ2n) is 2.26. The normalized spacial score (nSPS) is 15.5. The van der Waals surface area contributed by atoms with Crippen LogP contribution in [0.3, 0.4) is 0 Å². The molecular weight excluding hydrogens is 180 g/mol. The number of nitrogen functional groups attached to an aromatic ring is 1. The Kier molecular flexibility index (Phi) is 2.32. The molecule has 0 fully saturated rings. The van der Waals surface area contributed by atoms with E-state index in [9.17, 15) is 4.21 Å². The highest BCUT2D eigenvalue weighted by Gasteiger charge is 2.03. The number of rotatable bonds is 2. The Bertz CT molecular complexity index is 377. The number of nitrogens with zero attached hydrogens (tertiary/aromatic N) is 3. The highest BCUT2D eigenvalue weighted by molar-refractivity contribution is 7.93. The van der Waals surface area contributed by atoms with Gasteiger partial charge >= 0.3 is 12.0 Å². The van der Waals surface area contributed by atoms with E-state index >= 15 is 0 Å². The molecule has 0 radical (unpaired) electrons. The first-order valence-corrected chi connectivity index (χ1v) is 5.41. The van der Waals surface area contributed by atoms with Crippen molar-refractivity contribution in [1.29, 1.82) is 0 Å². The van der Waals surface area contributed by atoms with Crippen LogP contribution in [-0.2, 0) is 9.73 Å². The van der Waals surface area contributed by atoms with Gasteiger partial charge in [0, 0.05) is 12.0 Å². The van der Waals surface area contributed by atoms with Crippen LogP contribution < -0.4 is 5.73 Å². The Hall–Kier alpha value is -1.11. The van der Waals surface area contributed by atoms with Gasteiger partial charge in [0.1, 0.15) is 0 Å². The summed E-state index contributed by atoms with van der Waals surface area (Å²) in [6.45, 7) is 1.77. The maximum Gasteiger partial charge on any atom is 0.352 e. The summed E-state index contributed by atoms with van der Waals surface area (Å²) < 4.78 is 19.9. The van der Waals surface area contributed by atoms with Crippen molar-refractivity contribution >= 4 is 21.8 Å². The average molecular weight is 190 g/mol. The lowest BCUT2D eigenvalue weighted by Gasteiger charge is -1.93. The molecule has 1 aromatic heterocycles. The third-order valence-corrected chi connectivity index (χ3v) is 2.85. The second kappa shape index (κ2) is 3.10. The van der Waals surface area contributed by atoms with Crippen LogP contribution in [0.1, 0.15) is 6.92 Å². The SMILES string of the molecule is CCS(C)(=O)=Nc1nnc(N)o1. The molecule has 0 aliphatic carbocycles. The monoisotopic (exact) mass is 190 g/mol. The van der Waals surface area contributed by atoms with Crippen LogP contribution >= 0.6 is 0 Å². The molecule has 68 valence electrons. The zero-order valence-corrected chi connectivity index (χ0v) is 7.67. The van der Waals surface area contributed by atoms with E-state index in [1.165, 1.54) is 6.26 Å². The molecule has 0 saturated carbocycles. The van der Waals surface area contributed by atoms with Crippen LogP contribution in [0.4, 0.5) is 12.0 Å². The van der Waals surface area contributed by atoms with Crippen LogP contribution in [0.25, 0.3) is 0 Å². The number of hydrogen-bond donors (Lipinski definition) is 1. The molecule has 6 nitrogen and oxygen atoms in total. The highest BCUT2D eigenvalue weighted by atomic mass is 32.2. The zero-order chi connectivity index (χ0) is 9.19. The fraction of sp³-hybridized carbons (Fsp3) is 0.600. The van der Waals surface area contributed by atoms with Crippen molar-refractivity contribution in [1.82, 2.24) is 10.2 Å². The van der Waals surface area contributed by atoms with E-state index in [0.717, 1.165) is 0 Å². The minimum atomic E-state index is -2.24. The summed E-state index contributed by atoms with van der Waals surface area (Å²) >= 11 is 0. The number of aromatic nitrogens is 2. The molecular formula is C5H10N4O2S. The molecule has 1 aromatic rings. The van der Waals surface area contributed by atoms with Crippen molar-refractivity contribution in [3.63, 3.8) is 0 Å². The second-order valence-corrected chi connectivity index (χ2v) is 4.94. The van der Waals surface area contributed by atoms with E-state index in [1.54, 1.807) is 6.92 Å². The van der Waals surface area contributed by atoms with Gasteiger partial charge in [-0.1, -0.05) is 17.1 Å². The van der Waals surface area contributed by atoms with Crippen LogP contribution in [0, 0.1) is 0 Å². The molecule has 7 heteroatoms. The molecule has 0 aliphatic heterocycles. The maximum atomic E-state index is 11.4. The Morgan fingerprint density at radius 1 is 1.67 bits per heavy atom. The molecule has 0 aliphatic rings. The zero-order valence-electron chi connectivity index (χ0n) is 6.85. The summed E-state index contributed by atoms with van der Waals surface area (Å²) in [6, 6.07) is -0.0955. The molecule has 1 unspecified atom stereocenters. The third kappa shape index (κ3) is 2.19. The van der Waals surface area contributed by atoms with Crippen LogP contribution in [0.15, 0.2) is 8.78 Å². The minimum Gasteiger partial charge on any atom is -0.388 e. The topological polar surface area (TPSA) is 94.4 Å². The van der Waals surface area contributed by atoms with Gasteiger partial charge in [-0.15, -0.1) is 4.36 Å². The first-order valence-electron chi connectivity index (χ1n) is 3.32. The lowest BCUT2D eigenvalue weighted by Crippen LogP contribution is -1.97. The van der Waals surface area contributed by atoms with Crippen molar-refractivity contribution in [3.05, 3.63) is 0 Å². The van der Waals surface area contributed by atoms with Crippen molar-refractivity contribution in [3.8, 4) is 0 Å². The fourth-order valence-corrected chi connectivity index (χ4v) is 1.03.